The van der Waals surface area contributed by atoms with Gasteiger partial charge in [-0.05, 0) is 35.9 Å². The first-order valence-electron chi connectivity index (χ1n) is 7.95. The molecule has 0 spiro atoms. The molecule has 0 bridgehead atoms. The van der Waals surface area contributed by atoms with Crippen LogP contribution in [-0.2, 0) is 26.6 Å². The summed E-state index contributed by atoms with van der Waals surface area (Å²) >= 11 is 0. The van der Waals surface area contributed by atoms with Gasteiger partial charge < -0.3 is 10.1 Å². The van der Waals surface area contributed by atoms with Crippen molar-refractivity contribution in [3.63, 3.8) is 0 Å². The van der Waals surface area contributed by atoms with Gasteiger partial charge in [0.05, 0.1) is 29.5 Å². The average Bonchev–Trinajstić information content (AvgIpc) is 2.63. The number of carbonyl (C=O) groups is 1. The fourth-order valence-corrected chi connectivity index (χ4v) is 3.35. The van der Waals surface area contributed by atoms with Gasteiger partial charge >= 0.3 is 0 Å². The van der Waals surface area contributed by atoms with E-state index in [-0.39, 0.29) is 22.8 Å². The van der Waals surface area contributed by atoms with Crippen molar-refractivity contribution in [2.24, 2.45) is 5.14 Å². The Kier molecular flexibility index (Phi) is 6.32. The summed E-state index contributed by atoms with van der Waals surface area (Å²) in [6.45, 7) is 0.124. The van der Waals surface area contributed by atoms with E-state index < -0.39 is 26.0 Å². The van der Waals surface area contributed by atoms with Gasteiger partial charge in [0.25, 0.3) is 5.91 Å². The third-order valence-corrected chi connectivity index (χ3v) is 6.13. The van der Waals surface area contributed by atoms with E-state index in [1.54, 1.807) is 0 Å². The summed E-state index contributed by atoms with van der Waals surface area (Å²) in [6.07, 6.45) is 1.06. The molecular formula is C17H21N3O6S2. The summed E-state index contributed by atoms with van der Waals surface area (Å²) in [5, 5.41) is 7.73. The highest BCUT2D eigenvalue weighted by Crippen LogP contribution is 2.25. The first-order chi connectivity index (χ1) is 12.9. The topological polar surface area (TPSA) is 136 Å². The molecule has 0 aromatic heterocycles. The molecule has 0 fully saturated rings. The smallest absolute Gasteiger partial charge is 0.255 e. The summed E-state index contributed by atoms with van der Waals surface area (Å²) < 4.78 is 52.2. The van der Waals surface area contributed by atoms with Crippen LogP contribution >= 0.6 is 0 Å². The van der Waals surface area contributed by atoms with Gasteiger partial charge in [-0.3, -0.25) is 9.10 Å². The maximum absolute atomic E-state index is 12.6. The highest BCUT2D eigenvalue weighted by Gasteiger charge is 2.18. The molecule has 0 saturated carbocycles. The Labute approximate surface area is 164 Å². The van der Waals surface area contributed by atoms with Gasteiger partial charge in [0.15, 0.2) is 0 Å². The first-order valence-corrected chi connectivity index (χ1v) is 11.3. The molecule has 0 unspecified atom stereocenters. The van der Waals surface area contributed by atoms with Crippen molar-refractivity contribution in [1.82, 2.24) is 5.32 Å². The Morgan fingerprint density at radius 3 is 2.21 bits per heavy atom. The number of nitrogens with two attached hydrogens (primary N) is 1. The number of anilines is 1. The zero-order valence-electron chi connectivity index (χ0n) is 15.5. The number of rotatable bonds is 7. The molecular weight excluding hydrogens is 406 g/mol. The maximum atomic E-state index is 12.6. The molecule has 2 aromatic rings. The predicted molar refractivity (Wildman–Crippen MR) is 105 cm³/mol. The predicted octanol–water partition coefficient (Wildman–Crippen LogP) is 0.668. The number of carbonyl (C=O) groups excluding carboxylic acids is 1. The molecule has 9 nitrogen and oxygen atoms in total. The van der Waals surface area contributed by atoms with Gasteiger partial charge in [0, 0.05) is 13.6 Å². The molecule has 3 N–H and O–H groups in total. The summed E-state index contributed by atoms with van der Waals surface area (Å²) in [4.78, 5) is 12.5. The molecule has 2 rings (SSSR count). The monoisotopic (exact) mass is 427 g/mol. The zero-order chi connectivity index (χ0) is 21.1. The van der Waals surface area contributed by atoms with Gasteiger partial charge in [0.1, 0.15) is 5.75 Å². The molecule has 0 aliphatic carbocycles. The van der Waals surface area contributed by atoms with E-state index >= 15 is 0 Å². The van der Waals surface area contributed by atoms with Crippen LogP contribution in [0.15, 0.2) is 47.4 Å². The van der Waals surface area contributed by atoms with Crippen LogP contribution in [0.4, 0.5) is 5.69 Å². The van der Waals surface area contributed by atoms with Crippen molar-refractivity contribution >= 4 is 31.6 Å². The normalized spacial score (nSPS) is 11.7. The van der Waals surface area contributed by atoms with Gasteiger partial charge in [-0.15, -0.1) is 0 Å². The summed E-state index contributed by atoms with van der Waals surface area (Å²) in [6, 6.07) is 10.2. The second-order valence-electron chi connectivity index (χ2n) is 5.99. The lowest BCUT2D eigenvalue weighted by Crippen LogP contribution is -2.26. The number of benzene rings is 2. The van der Waals surface area contributed by atoms with E-state index in [4.69, 9.17) is 9.88 Å². The van der Waals surface area contributed by atoms with Crippen LogP contribution in [0.1, 0.15) is 15.9 Å². The van der Waals surface area contributed by atoms with E-state index in [1.807, 2.05) is 0 Å². The number of hydrogen-bond acceptors (Lipinski definition) is 6. The lowest BCUT2D eigenvalue weighted by atomic mass is 10.1. The lowest BCUT2D eigenvalue weighted by Gasteiger charge is -2.18. The zero-order valence-corrected chi connectivity index (χ0v) is 17.2. The number of amides is 1. The van der Waals surface area contributed by atoms with Crippen molar-refractivity contribution in [1.29, 1.82) is 0 Å². The summed E-state index contributed by atoms with van der Waals surface area (Å²) in [5.41, 5.74) is 1.13. The van der Waals surface area contributed by atoms with Crippen LogP contribution in [0.3, 0.4) is 0 Å². The third kappa shape index (κ3) is 5.21. The molecule has 11 heteroatoms. The molecule has 2 aromatic carbocycles. The SMILES string of the molecule is COc1ccc(N(C)S(C)(=O)=O)cc1C(=O)NCc1ccc(S(N)(=O)=O)cc1. The number of nitrogens with zero attached hydrogens (tertiary/aromatic N) is 1. The van der Waals surface area contributed by atoms with Crippen molar-refractivity contribution in [2.75, 3.05) is 24.7 Å². The number of ether oxygens (including phenoxy) is 1. The molecule has 28 heavy (non-hydrogen) atoms. The van der Waals surface area contributed by atoms with Crippen LogP contribution in [0.5, 0.6) is 5.75 Å². The van der Waals surface area contributed by atoms with Gasteiger partial charge in [-0.25, -0.2) is 22.0 Å². The molecule has 0 saturated heterocycles. The number of nitrogens with one attached hydrogen (secondary N) is 1. The number of hydrogen-bond donors (Lipinski definition) is 2. The van der Waals surface area contributed by atoms with Crippen LogP contribution in [0, 0.1) is 0 Å². The first kappa shape index (κ1) is 21.7. The second kappa shape index (κ2) is 8.17. The Hall–Kier alpha value is -2.63. The molecule has 0 radical (unpaired) electrons. The number of primary sulfonamides is 1. The Bertz CT molecular complexity index is 1080. The second-order valence-corrected chi connectivity index (χ2v) is 9.56. The number of sulfonamides is 2. The summed E-state index contributed by atoms with van der Waals surface area (Å²) in [7, 11) is -4.49. The van der Waals surface area contributed by atoms with E-state index in [9.17, 15) is 21.6 Å². The highest BCUT2D eigenvalue weighted by molar-refractivity contribution is 7.92. The van der Waals surface area contributed by atoms with Crippen LogP contribution in [-0.4, -0.2) is 43.2 Å². The van der Waals surface area contributed by atoms with Crippen molar-refractivity contribution < 1.29 is 26.4 Å². The van der Waals surface area contributed by atoms with Crippen molar-refractivity contribution in [3.05, 3.63) is 53.6 Å². The minimum atomic E-state index is -3.79. The standard InChI is InChI=1S/C17H21N3O6S2/c1-20(27(3,22)23)13-6-9-16(26-2)15(10-13)17(21)19-11-12-4-7-14(8-5-12)28(18,24)25/h4-10H,11H2,1-3H3,(H,19,21)(H2,18,24,25). The maximum Gasteiger partial charge on any atom is 0.255 e. The van der Waals surface area contributed by atoms with E-state index in [1.165, 1.54) is 56.6 Å². The van der Waals surface area contributed by atoms with Gasteiger partial charge in [-0.1, -0.05) is 12.1 Å². The minimum absolute atomic E-state index is 0.0271. The molecule has 0 aliphatic heterocycles. The highest BCUT2D eigenvalue weighted by atomic mass is 32.2. The molecule has 152 valence electrons. The summed E-state index contributed by atoms with van der Waals surface area (Å²) in [5.74, 6) is -0.191. The minimum Gasteiger partial charge on any atom is -0.496 e. The fraction of sp³-hybridized carbons (Fsp3) is 0.235. The molecule has 0 atom stereocenters. The van der Waals surface area contributed by atoms with E-state index in [0.717, 1.165) is 10.6 Å². The van der Waals surface area contributed by atoms with Crippen LogP contribution < -0.4 is 19.5 Å². The van der Waals surface area contributed by atoms with Crippen molar-refractivity contribution in [3.8, 4) is 5.75 Å². The van der Waals surface area contributed by atoms with Crippen LogP contribution in [0.25, 0.3) is 0 Å². The van der Waals surface area contributed by atoms with E-state index in [0.29, 0.717) is 11.3 Å². The molecule has 0 heterocycles. The largest absolute Gasteiger partial charge is 0.496 e. The Balaban J connectivity index is 2.21. The quantitative estimate of drug-likeness (QED) is 0.666. The Morgan fingerprint density at radius 1 is 1.11 bits per heavy atom. The molecule has 1 amide bonds. The average molecular weight is 428 g/mol. The number of methoxy groups -OCH3 is 1. The van der Waals surface area contributed by atoms with Crippen LogP contribution in [0.2, 0.25) is 0 Å². The van der Waals surface area contributed by atoms with Gasteiger partial charge in [0.2, 0.25) is 20.0 Å². The lowest BCUT2D eigenvalue weighted by molar-refractivity contribution is 0.0948. The van der Waals surface area contributed by atoms with Crippen molar-refractivity contribution in [2.45, 2.75) is 11.4 Å². The van der Waals surface area contributed by atoms with E-state index in [2.05, 4.69) is 5.32 Å². The fourth-order valence-electron chi connectivity index (χ4n) is 2.34. The Morgan fingerprint density at radius 2 is 1.71 bits per heavy atom. The third-order valence-electron chi connectivity index (χ3n) is 3.99. The molecule has 0 aliphatic rings. The van der Waals surface area contributed by atoms with Gasteiger partial charge in [-0.2, -0.15) is 0 Å².